The van der Waals surface area contributed by atoms with Crippen LogP contribution in [0.5, 0.6) is 11.5 Å². The zero-order valence-electron chi connectivity index (χ0n) is 21.9. The molecule has 0 saturated carbocycles. The standard InChI is InChI=1S/C31H31N3O4/c1-5-8-27(28-16-13-24(20-32-28)33(2)23-11-14-26(35)15-12-23)21-17-22(31(36)37)19-25(18-21)34(3)29-9-6-7-10-30(29)38-4/h6-20,35H,5H2,1-4H3,(H,36,37)/b27-8+. The predicted molar refractivity (Wildman–Crippen MR) is 152 cm³/mol. The first-order valence-corrected chi connectivity index (χ1v) is 12.3. The van der Waals surface area contributed by atoms with Gasteiger partial charge in [-0.3, -0.25) is 4.98 Å². The van der Waals surface area contributed by atoms with Gasteiger partial charge in [0, 0.05) is 31.0 Å². The number of hydrogen-bond donors (Lipinski definition) is 2. The largest absolute Gasteiger partial charge is 0.508 e. The van der Waals surface area contributed by atoms with E-state index in [1.165, 1.54) is 0 Å². The van der Waals surface area contributed by atoms with Gasteiger partial charge in [0.15, 0.2) is 0 Å². The van der Waals surface area contributed by atoms with Crippen LogP contribution in [0.15, 0.2) is 91.1 Å². The molecule has 0 saturated heterocycles. The molecule has 0 aliphatic carbocycles. The number of rotatable bonds is 9. The summed E-state index contributed by atoms with van der Waals surface area (Å²) < 4.78 is 5.52. The number of para-hydroxylation sites is 2. The molecule has 0 bridgehead atoms. The maximum Gasteiger partial charge on any atom is 0.335 e. The van der Waals surface area contributed by atoms with E-state index in [-0.39, 0.29) is 11.3 Å². The van der Waals surface area contributed by atoms with Gasteiger partial charge in [-0.25, -0.2) is 4.79 Å². The van der Waals surface area contributed by atoms with Gasteiger partial charge < -0.3 is 24.7 Å². The molecule has 3 aromatic carbocycles. The summed E-state index contributed by atoms with van der Waals surface area (Å²) in [7, 11) is 5.43. The molecule has 38 heavy (non-hydrogen) atoms. The summed E-state index contributed by atoms with van der Waals surface area (Å²) in [6.45, 7) is 2.04. The summed E-state index contributed by atoms with van der Waals surface area (Å²) in [5.74, 6) is -0.0999. The fourth-order valence-electron chi connectivity index (χ4n) is 4.27. The average molecular weight is 510 g/mol. The van der Waals surface area contributed by atoms with Gasteiger partial charge in [-0.2, -0.15) is 0 Å². The van der Waals surface area contributed by atoms with Gasteiger partial charge in [-0.15, -0.1) is 0 Å². The Hall–Kier alpha value is -4.78. The van der Waals surface area contributed by atoms with Crippen molar-refractivity contribution in [3.8, 4) is 11.5 Å². The van der Waals surface area contributed by atoms with Crippen LogP contribution in [-0.4, -0.2) is 42.4 Å². The number of methoxy groups -OCH3 is 1. The molecule has 7 heteroatoms. The zero-order valence-corrected chi connectivity index (χ0v) is 21.9. The topological polar surface area (TPSA) is 86.1 Å². The minimum absolute atomic E-state index is 0.185. The molecule has 1 aromatic heterocycles. The number of hydrogen-bond acceptors (Lipinski definition) is 6. The first kappa shape index (κ1) is 26.3. The number of phenols is 1. The molecule has 0 atom stereocenters. The van der Waals surface area contributed by atoms with Crippen LogP contribution in [-0.2, 0) is 0 Å². The third-order valence-electron chi connectivity index (χ3n) is 6.37. The molecule has 0 aliphatic rings. The van der Waals surface area contributed by atoms with Crippen LogP contribution in [0.1, 0.15) is 35.0 Å². The monoisotopic (exact) mass is 509 g/mol. The Morgan fingerprint density at radius 3 is 2.21 bits per heavy atom. The summed E-state index contributed by atoms with van der Waals surface area (Å²) in [6, 6.07) is 23.8. The Bertz CT molecular complexity index is 1450. The lowest BCUT2D eigenvalue weighted by Crippen LogP contribution is -2.12. The van der Waals surface area contributed by atoms with Crippen molar-refractivity contribution in [3.63, 3.8) is 0 Å². The van der Waals surface area contributed by atoms with Crippen molar-refractivity contribution in [3.05, 3.63) is 108 Å². The lowest BCUT2D eigenvalue weighted by atomic mass is 9.97. The number of carboxylic acids is 1. The highest BCUT2D eigenvalue weighted by atomic mass is 16.5. The van der Waals surface area contributed by atoms with Crippen molar-refractivity contribution in [2.75, 3.05) is 31.0 Å². The molecular weight excluding hydrogens is 478 g/mol. The minimum atomic E-state index is -1.00. The van der Waals surface area contributed by atoms with E-state index in [0.29, 0.717) is 5.75 Å². The minimum Gasteiger partial charge on any atom is -0.508 e. The molecule has 4 rings (SSSR count). The normalized spacial score (nSPS) is 11.2. The Kier molecular flexibility index (Phi) is 7.97. The summed E-state index contributed by atoms with van der Waals surface area (Å²) in [5.41, 5.74) is 5.87. The number of benzene rings is 3. The Labute approximate surface area is 222 Å². The van der Waals surface area contributed by atoms with Crippen molar-refractivity contribution in [1.82, 2.24) is 4.98 Å². The predicted octanol–water partition coefficient (Wildman–Crippen LogP) is 6.87. The van der Waals surface area contributed by atoms with Crippen LogP contribution < -0.4 is 14.5 Å². The lowest BCUT2D eigenvalue weighted by molar-refractivity contribution is 0.0697. The number of anilines is 4. The number of allylic oxidation sites excluding steroid dienone is 1. The second-order valence-corrected chi connectivity index (χ2v) is 8.81. The average Bonchev–Trinajstić information content (AvgIpc) is 2.95. The van der Waals surface area contributed by atoms with Crippen LogP contribution >= 0.6 is 0 Å². The SMILES string of the molecule is CC/C=C(\c1cc(C(=O)O)cc(N(C)c2ccccc2OC)c1)c1ccc(N(C)c2ccc(O)cc2)cn1. The quantitative estimate of drug-likeness (QED) is 0.255. The highest BCUT2D eigenvalue weighted by Crippen LogP contribution is 2.35. The molecule has 7 nitrogen and oxygen atoms in total. The Balaban J connectivity index is 1.73. The Morgan fingerprint density at radius 1 is 0.895 bits per heavy atom. The number of carboxylic acid groups (broad SMARTS) is 1. The van der Waals surface area contributed by atoms with Crippen LogP contribution in [0.3, 0.4) is 0 Å². The smallest absolute Gasteiger partial charge is 0.335 e. The third kappa shape index (κ3) is 5.62. The van der Waals surface area contributed by atoms with Crippen molar-refractivity contribution in [1.29, 1.82) is 0 Å². The molecule has 0 radical (unpaired) electrons. The molecule has 2 N–H and O–H groups in total. The van der Waals surface area contributed by atoms with Crippen LogP contribution in [0.25, 0.3) is 5.57 Å². The molecule has 0 amide bonds. The third-order valence-corrected chi connectivity index (χ3v) is 6.37. The number of ether oxygens (including phenoxy) is 1. The fraction of sp³-hybridized carbons (Fsp3) is 0.161. The van der Waals surface area contributed by atoms with E-state index in [1.807, 2.05) is 85.4 Å². The molecule has 1 heterocycles. The molecule has 4 aromatic rings. The maximum atomic E-state index is 12.1. The summed E-state index contributed by atoms with van der Waals surface area (Å²) in [5, 5.41) is 19.5. The van der Waals surface area contributed by atoms with Crippen LogP contribution in [0, 0.1) is 0 Å². The number of aromatic carboxylic acids is 1. The zero-order chi connectivity index (χ0) is 27.2. The first-order valence-electron chi connectivity index (χ1n) is 12.3. The van der Waals surface area contributed by atoms with Crippen LogP contribution in [0.2, 0.25) is 0 Å². The molecule has 0 spiro atoms. The highest BCUT2D eigenvalue weighted by molar-refractivity contribution is 5.92. The second kappa shape index (κ2) is 11.5. The number of aromatic hydroxyl groups is 1. The van der Waals surface area contributed by atoms with Gasteiger partial charge in [0.05, 0.1) is 35.9 Å². The summed E-state index contributed by atoms with van der Waals surface area (Å²) >= 11 is 0. The second-order valence-electron chi connectivity index (χ2n) is 8.81. The van der Waals surface area contributed by atoms with Crippen molar-refractivity contribution in [2.24, 2.45) is 0 Å². The number of phenolic OH excluding ortho intramolecular Hbond substituents is 1. The molecular formula is C31H31N3O4. The van der Waals surface area contributed by atoms with E-state index in [1.54, 1.807) is 37.6 Å². The van der Waals surface area contributed by atoms with Gasteiger partial charge >= 0.3 is 5.97 Å². The van der Waals surface area contributed by atoms with Crippen LogP contribution in [0.4, 0.5) is 22.7 Å². The van der Waals surface area contributed by atoms with Gasteiger partial charge in [-0.05, 0) is 78.7 Å². The van der Waals surface area contributed by atoms with E-state index >= 15 is 0 Å². The first-order chi connectivity index (χ1) is 18.3. The van der Waals surface area contributed by atoms with Crippen molar-refractivity contribution < 1.29 is 19.7 Å². The summed E-state index contributed by atoms with van der Waals surface area (Å²) in [6.07, 6.45) is 4.59. The number of carbonyl (C=O) groups is 1. The van der Waals surface area contributed by atoms with Gasteiger partial charge in [0.1, 0.15) is 11.5 Å². The molecule has 0 fully saturated rings. The van der Waals surface area contributed by atoms with Gasteiger partial charge in [0.2, 0.25) is 0 Å². The van der Waals surface area contributed by atoms with E-state index in [4.69, 9.17) is 9.72 Å². The van der Waals surface area contributed by atoms with Crippen molar-refractivity contribution in [2.45, 2.75) is 13.3 Å². The highest BCUT2D eigenvalue weighted by Gasteiger charge is 2.17. The Morgan fingerprint density at radius 2 is 1.58 bits per heavy atom. The lowest BCUT2D eigenvalue weighted by Gasteiger charge is -2.23. The number of pyridine rings is 1. The van der Waals surface area contributed by atoms with E-state index in [0.717, 1.165) is 46.0 Å². The maximum absolute atomic E-state index is 12.1. The van der Waals surface area contributed by atoms with E-state index < -0.39 is 5.97 Å². The summed E-state index contributed by atoms with van der Waals surface area (Å²) in [4.78, 5) is 20.7. The van der Waals surface area contributed by atoms with Gasteiger partial charge in [-0.1, -0.05) is 25.1 Å². The van der Waals surface area contributed by atoms with E-state index in [9.17, 15) is 15.0 Å². The molecule has 0 aliphatic heterocycles. The fourth-order valence-corrected chi connectivity index (χ4v) is 4.27. The van der Waals surface area contributed by atoms with E-state index in [2.05, 4.69) is 6.08 Å². The number of nitrogens with zero attached hydrogens (tertiary/aromatic N) is 3. The number of aromatic nitrogens is 1. The van der Waals surface area contributed by atoms with Crippen molar-refractivity contribution >= 4 is 34.3 Å². The molecule has 194 valence electrons. The molecule has 0 unspecified atom stereocenters. The van der Waals surface area contributed by atoms with Gasteiger partial charge in [0.25, 0.3) is 0 Å².